The van der Waals surface area contributed by atoms with Crippen molar-refractivity contribution < 1.29 is 19.2 Å². The van der Waals surface area contributed by atoms with Crippen LogP contribution >= 0.6 is 0 Å². The van der Waals surface area contributed by atoms with E-state index in [1.165, 1.54) is 22.0 Å². The monoisotopic (exact) mass is 320 g/mol. The van der Waals surface area contributed by atoms with E-state index in [0.717, 1.165) is 25.7 Å². The fourth-order valence-electron chi connectivity index (χ4n) is 3.01. The van der Waals surface area contributed by atoms with Crippen molar-refractivity contribution in [3.63, 3.8) is 0 Å². The molecule has 1 saturated heterocycles. The maximum atomic E-state index is 12.1. The maximum Gasteiger partial charge on any atom is 0.253 e. The smallest absolute Gasteiger partial charge is 0.253 e. The molecular weight excluding hydrogens is 296 g/mol. The van der Waals surface area contributed by atoms with Crippen LogP contribution in [0.25, 0.3) is 0 Å². The Morgan fingerprint density at radius 1 is 0.913 bits per heavy atom. The summed E-state index contributed by atoms with van der Waals surface area (Å²) < 4.78 is 0. The zero-order valence-corrected chi connectivity index (χ0v) is 13.8. The number of nitrogens with zero attached hydrogens (tertiary/aromatic N) is 2. The molecule has 126 valence electrons. The molecule has 6 heteroatoms. The van der Waals surface area contributed by atoms with Crippen LogP contribution in [0.3, 0.4) is 0 Å². The molecule has 2 heterocycles. The molecule has 6 nitrogen and oxygen atoms in total. The van der Waals surface area contributed by atoms with Crippen LogP contribution in [0.2, 0.25) is 0 Å². The Bertz CT molecular complexity index is 521. The highest BCUT2D eigenvalue weighted by Crippen LogP contribution is 2.26. The Labute approximate surface area is 136 Å². The first-order valence-corrected chi connectivity index (χ1v) is 8.29. The van der Waals surface area contributed by atoms with Gasteiger partial charge in [-0.3, -0.25) is 29.0 Å². The molecule has 0 aliphatic carbocycles. The van der Waals surface area contributed by atoms with Gasteiger partial charge in [-0.2, -0.15) is 0 Å². The van der Waals surface area contributed by atoms with Gasteiger partial charge >= 0.3 is 0 Å². The van der Waals surface area contributed by atoms with Crippen LogP contribution in [0.5, 0.6) is 0 Å². The lowest BCUT2D eigenvalue weighted by Gasteiger charge is -2.16. The predicted molar refractivity (Wildman–Crippen MR) is 84.0 cm³/mol. The summed E-state index contributed by atoms with van der Waals surface area (Å²) in [6.45, 7) is 4.84. The third kappa shape index (κ3) is 4.06. The summed E-state index contributed by atoms with van der Waals surface area (Å²) >= 11 is 0. The number of carbonyl (C=O) groups excluding carboxylic acids is 4. The van der Waals surface area contributed by atoms with Gasteiger partial charge in [-0.1, -0.05) is 26.7 Å². The third-order valence-electron chi connectivity index (χ3n) is 4.50. The summed E-state index contributed by atoms with van der Waals surface area (Å²) in [5.41, 5.74) is 0. The second-order valence-corrected chi connectivity index (χ2v) is 6.51. The van der Waals surface area contributed by atoms with Crippen LogP contribution in [0.4, 0.5) is 0 Å². The number of likely N-dealkylation sites (tertiary alicyclic amines) is 1. The van der Waals surface area contributed by atoms with Gasteiger partial charge in [-0.25, -0.2) is 0 Å². The van der Waals surface area contributed by atoms with Crippen LogP contribution in [-0.2, 0) is 19.2 Å². The zero-order valence-electron chi connectivity index (χ0n) is 13.8. The number of rotatable bonds is 8. The Morgan fingerprint density at radius 2 is 1.43 bits per heavy atom. The van der Waals surface area contributed by atoms with Crippen molar-refractivity contribution in [2.24, 2.45) is 11.8 Å². The average molecular weight is 320 g/mol. The average Bonchev–Trinajstić information content (AvgIpc) is 2.96. The number of carbonyl (C=O) groups is 4. The summed E-state index contributed by atoms with van der Waals surface area (Å²) in [4.78, 5) is 49.4. The third-order valence-corrected chi connectivity index (χ3v) is 4.50. The second-order valence-electron chi connectivity index (χ2n) is 6.51. The molecule has 0 spiro atoms. The molecule has 0 aromatic carbocycles. The highest BCUT2D eigenvalue weighted by atomic mass is 16.2. The van der Waals surface area contributed by atoms with E-state index in [4.69, 9.17) is 0 Å². The molecule has 2 aliphatic heterocycles. The van der Waals surface area contributed by atoms with Crippen molar-refractivity contribution >= 4 is 23.6 Å². The van der Waals surface area contributed by atoms with E-state index in [-0.39, 0.29) is 35.5 Å². The number of imide groups is 2. The molecule has 0 aromatic rings. The fourth-order valence-corrected chi connectivity index (χ4v) is 3.01. The Kier molecular flexibility index (Phi) is 5.69. The molecule has 23 heavy (non-hydrogen) atoms. The molecule has 0 saturated carbocycles. The zero-order chi connectivity index (χ0) is 17.0. The quantitative estimate of drug-likeness (QED) is 0.502. The van der Waals surface area contributed by atoms with Crippen LogP contribution in [-0.4, -0.2) is 46.5 Å². The molecule has 1 unspecified atom stereocenters. The van der Waals surface area contributed by atoms with Crippen LogP contribution < -0.4 is 0 Å². The van der Waals surface area contributed by atoms with Gasteiger partial charge in [0, 0.05) is 37.6 Å². The molecule has 2 rings (SSSR count). The first kappa shape index (κ1) is 17.4. The summed E-state index contributed by atoms with van der Waals surface area (Å²) in [5, 5.41) is 0. The Balaban J connectivity index is 1.62. The molecule has 0 bridgehead atoms. The minimum atomic E-state index is -0.247. The van der Waals surface area contributed by atoms with Gasteiger partial charge in [0.1, 0.15) is 0 Å². The minimum absolute atomic E-state index is 0.0377. The first-order chi connectivity index (χ1) is 10.9. The van der Waals surface area contributed by atoms with E-state index < -0.39 is 0 Å². The van der Waals surface area contributed by atoms with Crippen LogP contribution in [0, 0.1) is 11.8 Å². The van der Waals surface area contributed by atoms with Gasteiger partial charge in [0.2, 0.25) is 11.8 Å². The topological polar surface area (TPSA) is 74.8 Å². The largest absolute Gasteiger partial charge is 0.282 e. The van der Waals surface area contributed by atoms with Crippen molar-refractivity contribution in [1.29, 1.82) is 0 Å². The van der Waals surface area contributed by atoms with E-state index in [9.17, 15) is 19.2 Å². The molecule has 0 aromatic heterocycles. The summed E-state index contributed by atoms with van der Waals surface area (Å²) in [6.07, 6.45) is 6.16. The van der Waals surface area contributed by atoms with Gasteiger partial charge in [-0.05, 0) is 18.8 Å². The summed E-state index contributed by atoms with van der Waals surface area (Å²) in [5.74, 6) is -0.564. The lowest BCUT2D eigenvalue weighted by molar-refractivity contribution is -0.140. The lowest BCUT2D eigenvalue weighted by Crippen LogP contribution is -2.32. The normalized spacial score (nSPS) is 21.4. The van der Waals surface area contributed by atoms with Crippen molar-refractivity contribution in [2.45, 2.75) is 46.0 Å². The van der Waals surface area contributed by atoms with E-state index >= 15 is 0 Å². The van der Waals surface area contributed by atoms with Crippen molar-refractivity contribution in [3.8, 4) is 0 Å². The summed E-state index contributed by atoms with van der Waals surface area (Å²) in [7, 11) is 0. The Morgan fingerprint density at radius 3 is 1.91 bits per heavy atom. The number of hydrogen-bond donors (Lipinski definition) is 0. The number of amides is 4. The first-order valence-electron chi connectivity index (χ1n) is 8.29. The highest BCUT2D eigenvalue weighted by molar-refractivity contribution is 6.12. The molecule has 4 amide bonds. The molecule has 2 aliphatic rings. The predicted octanol–water partition coefficient (Wildman–Crippen LogP) is 1.50. The Hall–Kier alpha value is -1.98. The van der Waals surface area contributed by atoms with E-state index in [1.807, 2.05) is 13.8 Å². The van der Waals surface area contributed by atoms with Crippen LogP contribution in [0.1, 0.15) is 46.0 Å². The van der Waals surface area contributed by atoms with Crippen molar-refractivity contribution in [2.75, 3.05) is 13.1 Å². The van der Waals surface area contributed by atoms with E-state index in [1.54, 1.807) is 0 Å². The van der Waals surface area contributed by atoms with Gasteiger partial charge in [0.15, 0.2) is 0 Å². The SMILES string of the molecule is CC(C)C1CC(=O)N(CCCCCCN2C(=O)C=CC2=O)C1=O. The molecule has 1 atom stereocenters. The lowest BCUT2D eigenvalue weighted by atomic mass is 9.94. The standard InChI is InChI=1S/C17H24N2O4/c1-12(2)13-11-16(22)19(17(13)23)10-6-4-3-5-9-18-14(20)7-8-15(18)21/h7-8,12-13H,3-6,9-11H2,1-2H3. The van der Waals surface area contributed by atoms with Gasteiger partial charge in [-0.15, -0.1) is 0 Å². The maximum absolute atomic E-state index is 12.1. The van der Waals surface area contributed by atoms with Gasteiger partial charge in [0.05, 0.1) is 0 Å². The molecule has 0 N–H and O–H groups in total. The molecular formula is C17H24N2O4. The number of hydrogen-bond acceptors (Lipinski definition) is 4. The molecule has 1 fully saturated rings. The number of unbranched alkanes of at least 4 members (excludes halogenated alkanes) is 3. The van der Waals surface area contributed by atoms with Crippen molar-refractivity contribution in [1.82, 2.24) is 9.80 Å². The van der Waals surface area contributed by atoms with Gasteiger partial charge < -0.3 is 0 Å². The molecule has 0 radical (unpaired) electrons. The van der Waals surface area contributed by atoms with Crippen LogP contribution in [0.15, 0.2) is 12.2 Å². The second kappa shape index (κ2) is 7.53. The highest BCUT2D eigenvalue weighted by Gasteiger charge is 2.39. The minimum Gasteiger partial charge on any atom is -0.282 e. The van der Waals surface area contributed by atoms with Gasteiger partial charge in [0.25, 0.3) is 11.8 Å². The van der Waals surface area contributed by atoms with E-state index in [2.05, 4.69) is 0 Å². The fraction of sp³-hybridized carbons (Fsp3) is 0.647. The van der Waals surface area contributed by atoms with Crippen molar-refractivity contribution in [3.05, 3.63) is 12.2 Å². The summed E-state index contributed by atoms with van der Waals surface area (Å²) in [6, 6.07) is 0. The van der Waals surface area contributed by atoms with E-state index in [0.29, 0.717) is 19.5 Å².